The number of furan rings is 1. The zero-order valence-corrected chi connectivity index (χ0v) is 15.1. The predicted molar refractivity (Wildman–Crippen MR) is 97.4 cm³/mol. The minimum absolute atomic E-state index is 0.00938. The van der Waals surface area contributed by atoms with E-state index in [0.717, 1.165) is 11.8 Å². The number of nitrogens with one attached hydrogen (secondary N) is 1. The van der Waals surface area contributed by atoms with Gasteiger partial charge < -0.3 is 15.5 Å². The maximum Gasteiger partial charge on any atom is 0.237 e. The molecule has 3 aromatic rings. The summed E-state index contributed by atoms with van der Waals surface area (Å²) in [6, 6.07) is 7.81. The van der Waals surface area contributed by atoms with Gasteiger partial charge in [-0.2, -0.15) is 0 Å². The number of aromatic nitrogens is 3. The molecule has 2 amide bonds. The first-order chi connectivity index (χ1) is 12.9. The summed E-state index contributed by atoms with van der Waals surface area (Å²) in [6.07, 6.45) is 1.47. The van der Waals surface area contributed by atoms with E-state index in [1.54, 1.807) is 31.2 Å². The average Bonchev–Trinajstić information content (AvgIpc) is 3.26. The zero-order chi connectivity index (χ0) is 19.4. The first kappa shape index (κ1) is 18.6. The van der Waals surface area contributed by atoms with E-state index in [4.69, 9.17) is 10.2 Å². The van der Waals surface area contributed by atoms with E-state index in [2.05, 4.69) is 15.5 Å². The molecule has 0 aliphatic carbocycles. The molecule has 1 aromatic carbocycles. The lowest BCUT2D eigenvalue weighted by Gasteiger charge is -2.08. The van der Waals surface area contributed by atoms with Crippen LogP contribution in [0.5, 0.6) is 0 Å². The zero-order valence-electron chi connectivity index (χ0n) is 14.3. The van der Waals surface area contributed by atoms with Crippen LogP contribution >= 0.6 is 11.8 Å². The van der Waals surface area contributed by atoms with E-state index in [1.807, 2.05) is 0 Å². The Morgan fingerprint density at radius 1 is 1.33 bits per heavy atom. The summed E-state index contributed by atoms with van der Waals surface area (Å²) in [5.41, 5.74) is 6.14. The van der Waals surface area contributed by atoms with Crippen molar-refractivity contribution in [3.8, 4) is 11.6 Å². The first-order valence-corrected chi connectivity index (χ1v) is 8.87. The number of thioether (sulfide) groups is 1. The lowest BCUT2D eigenvalue weighted by atomic mass is 10.2. The number of carbonyl (C=O) groups is 2. The Balaban J connectivity index is 1.70. The Morgan fingerprint density at radius 3 is 2.81 bits per heavy atom. The van der Waals surface area contributed by atoms with Crippen LogP contribution in [0, 0.1) is 12.7 Å². The standard InChI is InChI=1S/C17H16FN5O3S/c1-10-4-5-11(7-12(10)18)20-15(25)9-27-17-22-21-16(13-3-2-6-26-13)23(17)8-14(19)24/h2-7H,8-9H2,1H3,(H2,19,24)(H,20,25). The Bertz CT molecular complexity index is 971. The highest BCUT2D eigenvalue weighted by Crippen LogP contribution is 2.24. The summed E-state index contributed by atoms with van der Waals surface area (Å²) in [5, 5.41) is 10.9. The fourth-order valence-electron chi connectivity index (χ4n) is 2.28. The van der Waals surface area contributed by atoms with E-state index in [-0.39, 0.29) is 18.2 Å². The van der Waals surface area contributed by atoms with Gasteiger partial charge in [0.05, 0.1) is 12.0 Å². The van der Waals surface area contributed by atoms with Crippen molar-refractivity contribution in [3.63, 3.8) is 0 Å². The second-order valence-corrected chi connectivity index (χ2v) is 6.58. The number of aryl methyl sites for hydroxylation is 1. The third-order valence-electron chi connectivity index (χ3n) is 3.56. The molecular formula is C17H16FN5O3S. The first-order valence-electron chi connectivity index (χ1n) is 7.88. The van der Waals surface area contributed by atoms with Gasteiger partial charge in [-0.05, 0) is 36.8 Å². The number of halogens is 1. The highest BCUT2D eigenvalue weighted by Gasteiger charge is 2.18. The number of carbonyl (C=O) groups excluding carboxylic acids is 2. The van der Waals surface area contributed by atoms with E-state index in [9.17, 15) is 14.0 Å². The van der Waals surface area contributed by atoms with Crippen molar-refractivity contribution in [2.75, 3.05) is 11.1 Å². The number of hydrogen-bond acceptors (Lipinski definition) is 6. The molecule has 2 heterocycles. The van der Waals surface area contributed by atoms with Crippen molar-refractivity contribution in [2.24, 2.45) is 5.73 Å². The van der Waals surface area contributed by atoms with Gasteiger partial charge in [-0.25, -0.2) is 4.39 Å². The Hall–Kier alpha value is -3.14. The van der Waals surface area contributed by atoms with E-state index < -0.39 is 11.7 Å². The molecule has 0 saturated heterocycles. The van der Waals surface area contributed by atoms with E-state index >= 15 is 0 Å². The Labute approximate surface area is 157 Å². The summed E-state index contributed by atoms with van der Waals surface area (Å²) in [5.74, 6) is -0.576. The summed E-state index contributed by atoms with van der Waals surface area (Å²) < 4.78 is 20.3. The number of rotatable bonds is 7. The van der Waals surface area contributed by atoms with Crippen molar-refractivity contribution >= 4 is 29.3 Å². The Morgan fingerprint density at radius 2 is 2.15 bits per heavy atom. The average molecular weight is 389 g/mol. The van der Waals surface area contributed by atoms with Gasteiger partial charge in [0.2, 0.25) is 17.6 Å². The molecule has 3 N–H and O–H groups in total. The van der Waals surface area contributed by atoms with Crippen LogP contribution in [0.4, 0.5) is 10.1 Å². The van der Waals surface area contributed by atoms with E-state index in [0.29, 0.717) is 28.0 Å². The molecule has 0 fully saturated rings. The van der Waals surface area contributed by atoms with Crippen LogP contribution in [0.2, 0.25) is 0 Å². The van der Waals surface area contributed by atoms with E-state index in [1.165, 1.54) is 16.9 Å². The van der Waals surface area contributed by atoms with Crippen LogP contribution in [0.3, 0.4) is 0 Å². The van der Waals surface area contributed by atoms with Crippen molar-refractivity contribution in [2.45, 2.75) is 18.6 Å². The normalized spacial score (nSPS) is 10.7. The second kappa shape index (κ2) is 8.04. The smallest absolute Gasteiger partial charge is 0.237 e. The molecule has 10 heteroatoms. The van der Waals surface area contributed by atoms with Gasteiger partial charge in [0, 0.05) is 5.69 Å². The van der Waals surface area contributed by atoms with Gasteiger partial charge in [-0.3, -0.25) is 14.2 Å². The molecular weight excluding hydrogens is 373 g/mol. The molecule has 0 aliphatic rings. The quantitative estimate of drug-likeness (QED) is 0.599. The monoisotopic (exact) mass is 389 g/mol. The van der Waals surface area contributed by atoms with Crippen LogP contribution in [0.15, 0.2) is 46.2 Å². The number of anilines is 1. The maximum absolute atomic E-state index is 13.6. The third-order valence-corrected chi connectivity index (χ3v) is 4.53. The molecule has 140 valence electrons. The summed E-state index contributed by atoms with van der Waals surface area (Å²) in [7, 11) is 0. The van der Waals surface area contributed by atoms with Gasteiger partial charge in [-0.1, -0.05) is 17.8 Å². The van der Waals surface area contributed by atoms with Gasteiger partial charge in [0.25, 0.3) is 0 Å². The lowest BCUT2D eigenvalue weighted by molar-refractivity contribution is -0.118. The van der Waals surface area contributed by atoms with Crippen molar-refractivity contribution in [1.29, 1.82) is 0 Å². The number of nitrogens with zero attached hydrogens (tertiary/aromatic N) is 3. The summed E-state index contributed by atoms with van der Waals surface area (Å²) in [6.45, 7) is 1.48. The minimum atomic E-state index is -0.580. The highest BCUT2D eigenvalue weighted by atomic mass is 32.2. The molecule has 0 unspecified atom stereocenters. The number of amides is 2. The minimum Gasteiger partial charge on any atom is -0.461 e. The molecule has 2 aromatic heterocycles. The molecule has 0 atom stereocenters. The van der Waals surface area contributed by atoms with Gasteiger partial charge in [0.1, 0.15) is 12.4 Å². The van der Waals surface area contributed by atoms with Gasteiger partial charge in [-0.15, -0.1) is 10.2 Å². The van der Waals surface area contributed by atoms with Crippen LogP contribution < -0.4 is 11.1 Å². The largest absolute Gasteiger partial charge is 0.461 e. The predicted octanol–water partition coefficient (Wildman–Crippen LogP) is 2.20. The molecule has 27 heavy (non-hydrogen) atoms. The van der Waals surface area contributed by atoms with Crippen molar-refractivity contribution < 1.29 is 18.4 Å². The van der Waals surface area contributed by atoms with Crippen LogP contribution in [-0.4, -0.2) is 32.3 Å². The van der Waals surface area contributed by atoms with Crippen LogP contribution in [0.1, 0.15) is 5.56 Å². The molecule has 0 radical (unpaired) electrons. The molecule has 8 nitrogen and oxygen atoms in total. The number of nitrogens with two attached hydrogens (primary N) is 1. The number of benzene rings is 1. The SMILES string of the molecule is Cc1ccc(NC(=O)CSc2nnc(-c3ccco3)n2CC(N)=O)cc1F. The Kier molecular flexibility index (Phi) is 5.55. The van der Waals surface area contributed by atoms with Crippen LogP contribution in [0.25, 0.3) is 11.6 Å². The maximum atomic E-state index is 13.6. The molecule has 0 spiro atoms. The van der Waals surface area contributed by atoms with Crippen molar-refractivity contribution in [1.82, 2.24) is 14.8 Å². The molecule has 0 bridgehead atoms. The van der Waals surface area contributed by atoms with Gasteiger partial charge in [0.15, 0.2) is 10.9 Å². The molecule has 0 saturated carbocycles. The summed E-state index contributed by atoms with van der Waals surface area (Å²) in [4.78, 5) is 23.5. The van der Waals surface area contributed by atoms with Gasteiger partial charge >= 0.3 is 0 Å². The number of hydrogen-bond donors (Lipinski definition) is 2. The fraction of sp³-hybridized carbons (Fsp3) is 0.176. The third kappa shape index (κ3) is 4.53. The molecule has 0 aliphatic heterocycles. The topological polar surface area (TPSA) is 116 Å². The number of primary amides is 1. The summed E-state index contributed by atoms with van der Waals surface area (Å²) >= 11 is 1.08. The fourth-order valence-corrected chi connectivity index (χ4v) is 3.02. The van der Waals surface area contributed by atoms with Crippen molar-refractivity contribution in [3.05, 3.63) is 48.0 Å². The lowest BCUT2D eigenvalue weighted by Crippen LogP contribution is -2.20. The van der Waals surface area contributed by atoms with Crippen LogP contribution in [-0.2, 0) is 16.1 Å². The second-order valence-electron chi connectivity index (χ2n) is 5.64. The molecule has 3 rings (SSSR count). The highest BCUT2D eigenvalue weighted by molar-refractivity contribution is 7.99.